The molecule has 154 valence electrons. The lowest BCUT2D eigenvalue weighted by molar-refractivity contribution is 0.0926. The number of sulfone groups is 1. The van der Waals surface area contributed by atoms with E-state index in [0.29, 0.717) is 30.2 Å². The molecule has 6 nitrogen and oxygen atoms in total. The summed E-state index contributed by atoms with van der Waals surface area (Å²) < 4.78 is 31.3. The Labute approximate surface area is 175 Å². The Morgan fingerprint density at radius 3 is 2.69 bits per heavy atom. The van der Waals surface area contributed by atoms with E-state index in [2.05, 4.69) is 0 Å². The van der Waals surface area contributed by atoms with Crippen molar-refractivity contribution in [2.75, 3.05) is 18.1 Å². The first kappa shape index (κ1) is 20.2. The van der Waals surface area contributed by atoms with Gasteiger partial charge in [-0.15, -0.1) is 0 Å². The summed E-state index contributed by atoms with van der Waals surface area (Å²) in [5.74, 6) is 1.96. The van der Waals surface area contributed by atoms with Gasteiger partial charge in [0.05, 0.1) is 29.1 Å². The van der Waals surface area contributed by atoms with Crippen LogP contribution in [0.2, 0.25) is 5.02 Å². The quantitative estimate of drug-likeness (QED) is 0.618. The highest BCUT2D eigenvalue weighted by molar-refractivity contribution is 7.91. The zero-order valence-electron chi connectivity index (χ0n) is 15.9. The second-order valence-electron chi connectivity index (χ2n) is 7.52. The van der Waals surface area contributed by atoms with Gasteiger partial charge >= 0.3 is 0 Å². The maximum atomic E-state index is 11.8. The van der Waals surface area contributed by atoms with Crippen molar-refractivity contribution in [2.45, 2.75) is 25.5 Å². The lowest BCUT2D eigenvalue weighted by Gasteiger charge is -2.17. The van der Waals surface area contributed by atoms with Gasteiger partial charge in [0.25, 0.3) is 0 Å². The molecule has 29 heavy (non-hydrogen) atoms. The van der Waals surface area contributed by atoms with Crippen molar-refractivity contribution >= 4 is 32.5 Å². The predicted molar refractivity (Wildman–Crippen MR) is 113 cm³/mol. The minimum Gasteiger partial charge on any atom is -0.491 e. The lowest BCUT2D eigenvalue weighted by atomic mass is 10.1. The summed E-state index contributed by atoms with van der Waals surface area (Å²) in [7, 11) is -2.94. The average molecular weight is 435 g/mol. The van der Waals surface area contributed by atoms with Crippen molar-refractivity contribution in [1.82, 2.24) is 9.55 Å². The lowest BCUT2D eigenvalue weighted by Crippen LogP contribution is -2.25. The van der Waals surface area contributed by atoms with Gasteiger partial charge in [0.1, 0.15) is 24.3 Å². The van der Waals surface area contributed by atoms with E-state index >= 15 is 0 Å². The molecule has 0 radical (unpaired) electrons. The number of ether oxygens (including phenoxy) is 1. The minimum absolute atomic E-state index is 0.0676. The molecule has 2 heterocycles. The van der Waals surface area contributed by atoms with Crippen LogP contribution in [0.25, 0.3) is 11.0 Å². The van der Waals surface area contributed by atoms with Crippen molar-refractivity contribution in [2.24, 2.45) is 5.92 Å². The molecule has 0 unspecified atom stereocenters. The fraction of sp³-hybridized carbons (Fsp3) is 0.381. The second kappa shape index (κ2) is 8.34. The minimum atomic E-state index is -2.94. The van der Waals surface area contributed by atoms with Crippen LogP contribution in [-0.2, 0) is 22.8 Å². The zero-order valence-corrected chi connectivity index (χ0v) is 17.4. The van der Waals surface area contributed by atoms with Crippen LogP contribution in [-0.4, -0.2) is 47.3 Å². The SMILES string of the molecule is O=S1(=O)CC[C@H](Cc2nc3ccccc3n2C[C@H](O)COc2ccc(Cl)cc2)C1. The molecule has 1 N–H and O–H groups in total. The average Bonchev–Trinajstić information content (AvgIpc) is 3.21. The van der Waals surface area contributed by atoms with Gasteiger partial charge < -0.3 is 14.4 Å². The molecule has 1 saturated heterocycles. The first-order chi connectivity index (χ1) is 13.9. The molecule has 2 aromatic carbocycles. The van der Waals surface area contributed by atoms with E-state index < -0.39 is 15.9 Å². The number of aliphatic hydroxyl groups is 1. The molecular weight excluding hydrogens is 412 g/mol. The van der Waals surface area contributed by atoms with Gasteiger partial charge in [0.2, 0.25) is 0 Å². The number of rotatable bonds is 7. The van der Waals surface area contributed by atoms with Crippen molar-refractivity contribution in [1.29, 1.82) is 0 Å². The summed E-state index contributed by atoms with van der Waals surface area (Å²) in [6.07, 6.45) is 0.501. The van der Waals surface area contributed by atoms with E-state index in [1.54, 1.807) is 24.3 Å². The second-order valence-corrected chi connectivity index (χ2v) is 10.2. The maximum Gasteiger partial charge on any atom is 0.150 e. The predicted octanol–water partition coefficient (Wildman–Crippen LogP) is 3.11. The van der Waals surface area contributed by atoms with Crippen molar-refractivity contribution in [3.8, 4) is 5.75 Å². The van der Waals surface area contributed by atoms with Crippen molar-refractivity contribution in [3.05, 3.63) is 59.4 Å². The molecule has 0 aliphatic carbocycles. The van der Waals surface area contributed by atoms with Crippen molar-refractivity contribution < 1.29 is 18.3 Å². The Morgan fingerprint density at radius 2 is 1.97 bits per heavy atom. The number of hydrogen-bond acceptors (Lipinski definition) is 5. The number of aliphatic hydroxyl groups excluding tert-OH is 1. The molecule has 2 atom stereocenters. The highest BCUT2D eigenvalue weighted by Crippen LogP contribution is 2.25. The van der Waals surface area contributed by atoms with Crippen LogP contribution in [0.5, 0.6) is 5.75 Å². The summed E-state index contributed by atoms with van der Waals surface area (Å²) in [5, 5.41) is 11.2. The summed E-state index contributed by atoms with van der Waals surface area (Å²) in [6.45, 7) is 0.453. The van der Waals surface area contributed by atoms with Crippen LogP contribution >= 0.6 is 11.6 Å². The maximum absolute atomic E-state index is 11.8. The molecule has 0 saturated carbocycles. The number of aromatic nitrogens is 2. The Hall–Kier alpha value is -2.09. The third-order valence-electron chi connectivity index (χ3n) is 5.18. The number of hydrogen-bond donors (Lipinski definition) is 1. The fourth-order valence-corrected chi connectivity index (χ4v) is 5.75. The van der Waals surface area contributed by atoms with Crippen molar-refractivity contribution in [3.63, 3.8) is 0 Å². The Balaban J connectivity index is 1.49. The Kier molecular flexibility index (Phi) is 5.81. The van der Waals surface area contributed by atoms with E-state index in [1.807, 2.05) is 28.8 Å². The molecule has 1 fully saturated rings. The Morgan fingerprint density at radius 1 is 1.21 bits per heavy atom. The van der Waals surface area contributed by atoms with Crippen LogP contribution in [0.4, 0.5) is 0 Å². The highest BCUT2D eigenvalue weighted by atomic mass is 35.5. The molecule has 4 rings (SSSR count). The smallest absolute Gasteiger partial charge is 0.150 e. The molecule has 8 heteroatoms. The van der Waals surface area contributed by atoms with Crippen LogP contribution in [0.1, 0.15) is 12.2 Å². The summed E-state index contributed by atoms with van der Waals surface area (Å²) in [4.78, 5) is 4.71. The number of benzene rings is 2. The summed E-state index contributed by atoms with van der Waals surface area (Å²) in [6, 6.07) is 14.7. The molecule has 1 aliphatic heterocycles. The van der Waals surface area contributed by atoms with Gasteiger partial charge in [-0.05, 0) is 48.7 Å². The first-order valence-electron chi connectivity index (χ1n) is 9.60. The molecule has 3 aromatic rings. The summed E-state index contributed by atoms with van der Waals surface area (Å²) in [5.41, 5.74) is 1.77. The molecule has 0 amide bonds. The van der Waals surface area contributed by atoms with Gasteiger partial charge in [-0.1, -0.05) is 23.7 Å². The van der Waals surface area contributed by atoms with Crippen LogP contribution in [0, 0.1) is 5.92 Å². The van der Waals surface area contributed by atoms with Crippen LogP contribution < -0.4 is 4.74 Å². The third kappa shape index (κ3) is 4.91. The number of halogens is 1. The van der Waals surface area contributed by atoms with Crippen LogP contribution in [0.3, 0.4) is 0 Å². The molecule has 0 spiro atoms. The van der Waals surface area contributed by atoms with E-state index in [4.69, 9.17) is 21.3 Å². The molecular formula is C21H23ClN2O4S. The van der Waals surface area contributed by atoms with Gasteiger partial charge in [-0.25, -0.2) is 13.4 Å². The van der Waals surface area contributed by atoms with Gasteiger partial charge in [-0.3, -0.25) is 0 Å². The van der Waals surface area contributed by atoms with E-state index in [0.717, 1.165) is 16.9 Å². The van der Waals surface area contributed by atoms with Gasteiger partial charge in [0, 0.05) is 11.4 Å². The monoisotopic (exact) mass is 434 g/mol. The molecule has 1 aliphatic rings. The standard InChI is InChI=1S/C21H23ClN2O4S/c22-16-5-7-18(8-6-16)28-13-17(25)12-24-20-4-2-1-3-19(20)23-21(24)11-15-9-10-29(26,27)14-15/h1-8,15,17,25H,9-14H2/t15-,17+/m1/s1. The number of fused-ring (bicyclic) bond motifs is 1. The number of imidazole rings is 1. The molecule has 0 bridgehead atoms. The fourth-order valence-electron chi connectivity index (χ4n) is 3.76. The normalized spacial score (nSPS) is 19.4. The topological polar surface area (TPSA) is 81.4 Å². The largest absolute Gasteiger partial charge is 0.491 e. The first-order valence-corrected chi connectivity index (χ1v) is 11.8. The van der Waals surface area contributed by atoms with E-state index in [9.17, 15) is 13.5 Å². The summed E-state index contributed by atoms with van der Waals surface area (Å²) >= 11 is 5.88. The van der Waals surface area contributed by atoms with Gasteiger partial charge in [0.15, 0.2) is 9.84 Å². The Bertz CT molecular complexity index is 1100. The van der Waals surface area contributed by atoms with E-state index in [1.165, 1.54) is 0 Å². The zero-order chi connectivity index (χ0) is 20.4. The number of para-hydroxylation sites is 2. The van der Waals surface area contributed by atoms with Gasteiger partial charge in [-0.2, -0.15) is 0 Å². The molecule has 1 aromatic heterocycles. The van der Waals surface area contributed by atoms with Crippen LogP contribution in [0.15, 0.2) is 48.5 Å². The van der Waals surface area contributed by atoms with E-state index in [-0.39, 0.29) is 24.0 Å². The number of nitrogens with zero attached hydrogens (tertiary/aromatic N) is 2. The third-order valence-corrected chi connectivity index (χ3v) is 7.27. The highest BCUT2D eigenvalue weighted by Gasteiger charge is 2.29.